The summed E-state index contributed by atoms with van der Waals surface area (Å²) in [5.74, 6) is -0.505. The van der Waals surface area contributed by atoms with Gasteiger partial charge in [0.1, 0.15) is 0 Å². The van der Waals surface area contributed by atoms with E-state index in [1.807, 2.05) is 0 Å². The summed E-state index contributed by atoms with van der Waals surface area (Å²) < 4.78 is 0. The van der Waals surface area contributed by atoms with Gasteiger partial charge >= 0.3 is 5.97 Å². The molecule has 0 radical (unpaired) electrons. The van der Waals surface area contributed by atoms with Gasteiger partial charge in [0, 0.05) is 18.0 Å². The number of aromatic amines is 1. The van der Waals surface area contributed by atoms with Gasteiger partial charge < -0.3 is 5.11 Å². The van der Waals surface area contributed by atoms with Crippen molar-refractivity contribution < 1.29 is 9.90 Å². The number of aliphatic carboxylic acids is 1. The summed E-state index contributed by atoms with van der Waals surface area (Å²) in [4.78, 5) is 18.4. The monoisotopic (exact) mass is 270 g/mol. The largest absolute Gasteiger partial charge is 0.481 e. The minimum Gasteiger partial charge on any atom is -0.481 e. The van der Waals surface area contributed by atoms with Crippen LogP contribution in [0.1, 0.15) is 0 Å². The summed E-state index contributed by atoms with van der Waals surface area (Å²) in [5, 5.41) is 15.9. The molecular formula is C9H7ClN4O2S. The molecule has 0 bridgehead atoms. The fourth-order valence-electron chi connectivity index (χ4n) is 1.12. The van der Waals surface area contributed by atoms with Crippen LogP contribution in [0.5, 0.6) is 0 Å². The molecule has 17 heavy (non-hydrogen) atoms. The summed E-state index contributed by atoms with van der Waals surface area (Å²) in [5.41, 5.74) is 0.677. The Hall–Kier alpha value is -1.60. The van der Waals surface area contributed by atoms with Crippen LogP contribution in [0.4, 0.5) is 0 Å². The summed E-state index contributed by atoms with van der Waals surface area (Å²) in [6, 6.07) is 1.70. The molecule has 0 aliphatic carbocycles. The Labute approximate surface area is 105 Å². The van der Waals surface area contributed by atoms with Gasteiger partial charge in [0.2, 0.25) is 5.16 Å². The van der Waals surface area contributed by atoms with E-state index < -0.39 is 5.97 Å². The second-order valence-electron chi connectivity index (χ2n) is 3.00. The highest BCUT2D eigenvalue weighted by Crippen LogP contribution is 2.24. The molecule has 6 nitrogen and oxygen atoms in total. The van der Waals surface area contributed by atoms with Gasteiger partial charge in [-0.2, -0.15) is 0 Å². The highest BCUT2D eigenvalue weighted by atomic mass is 35.5. The van der Waals surface area contributed by atoms with Crippen molar-refractivity contribution in [3.05, 3.63) is 23.5 Å². The molecule has 2 N–H and O–H groups in total. The molecule has 8 heteroatoms. The number of nitrogens with zero attached hydrogens (tertiary/aromatic N) is 3. The van der Waals surface area contributed by atoms with Crippen LogP contribution in [0, 0.1) is 0 Å². The molecule has 0 amide bonds. The lowest BCUT2D eigenvalue weighted by molar-refractivity contribution is -0.133. The number of hydrogen-bond donors (Lipinski definition) is 2. The van der Waals surface area contributed by atoms with Gasteiger partial charge in [0.15, 0.2) is 5.82 Å². The topological polar surface area (TPSA) is 91.8 Å². The van der Waals surface area contributed by atoms with Crippen LogP contribution >= 0.6 is 23.4 Å². The molecule has 0 spiro atoms. The maximum atomic E-state index is 10.4. The fraction of sp³-hybridized carbons (Fsp3) is 0.111. The molecule has 0 saturated carbocycles. The van der Waals surface area contributed by atoms with Gasteiger partial charge in [-0.1, -0.05) is 23.4 Å². The number of nitrogens with one attached hydrogen (secondary N) is 1. The molecule has 0 unspecified atom stereocenters. The van der Waals surface area contributed by atoms with Crippen molar-refractivity contribution in [2.45, 2.75) is 5.16 Å². The van der Waals surface area contributed by atoms with E-state index in [2.05, 4.69) is 20.2 Å². The van der Waals surface area contributed by atoms with Crippen LogP contribution in [0.15, 0.2) is 23.6 Å². The first-order valence-corrected chi connectivity index (χ1v) is 5.90. The quantitative estimate of drug-likeness (QED) is 0.822. The highest BCUT2D eigenvalue weighted by molar-refractivity contribution is 7.99. The van der Waals surface area contributed by atoms with Gasteiger partial charge in [-0.25, -0.2) is 4.98 Å². The number of H-pyrrole nitrogens is 1. The van der Waals surface area contributed by atoms with Gasteiger partial charge in [-0.3, -0.25) is 14.9 Å². The molecule has 0 aliphatic rings. The van der Waals surface area contributed by atoms with Gasteiger partial charge in [0.05, 0.1) is 10.8 Å². The zero-order valence-corrected chi connectivity index (χ0v) is 9.99. The maximum absolute atomic E-state index is 10.4. The minimum atomic E-state index is -0.914. The summed E-state index contributed by atoms with van der Waals surface area (Å²) >= 11 is 6.98. The SMILES string of the molecule is O=C(O)CSc1n[nH]c(-c2ccncc2Cl)n1. The molecule has 2 heterocycles. The lowest BCUT2D eigenvalue weighted by Crippen LogP contribution is -1.97. The van der Waals surface area contributed by atoms with Crippen molar-refractivity contribution in [1.82, 2.24) is 20.2 Å². The van der Waals surface area contributed by atoms with E-state index in [1.54, 1.807) is 12.3 Å². The summed E-state index contributed by atoms with van der Waals surface area (Å²) in [7, 11) is 0. The van der Waals surface area contributed by atoms with Crippen molar-refractivity contribution in [2.75, 3.05) is 5.75 Å². The lowest BCUT2D eigenvalue weighted by Gasteiger charge is -1.96. The first-order valence-electron chi connectivity index (χ1n) is 4.53. The van der Waals surface area contributed by atoms with Gasteiger partial charge in [0.25, 0.3) is 0 Å². The van der Waals surface area contributed by atoms with Gasteiger partial charge in [-0.05, 0) is 6.07 Å². The van der Waals surface area contributed by atoms with Crippen molar-refractivity contribution in [3.8, 4) is 11.4 Å². The van der Waals surface area contributed by atoms with Crippen LogP contribution in [-0.4, -0.2) is 37.0 Å². The van der Waals surface area contributed by atoms with E-state index in [1.165, 1.54) is 6.20 Å². The van der Waals surface area contributed by atoms with E-state index in [0.717, 1.165) is 11.8 Å². The molecule has 0 aromatic carbocycles. The van der Waals surface area contributed by atoms with Crippen molar-refractivity contribution >= 4 is 29.3 Å². The third-order valence-corrected chi connectivity index (χ3v) is 2.95. The molecule has 0 aliphatic heterocycles. The molecule has 2 aromatic rings. The van der Waals surface area contributed by atoms with Crippen LogP contribution in [0.3, 0.4) is 0 Å². The Morgan fingerprint density at radius 3 is 3.12 bits per heavy atom. The molecule has 0 atom stereocenters. The van der Waals surface area contributed by atoms with Crippen LogP contribution in [0.25, 0.3) is 11.4 Å². The lowest BCUT2D eigenvalue weighted by atomic mass is 10.2. The second kappa shape index (κ2) is 5.15. The number of carboxylic acid groups (broad SMARTS) is 1. The van der Waals surface area contributed by atoms with E-state index in [4.69, 9.17) is 16.7 Å². The van der Waals surface area contributed by atoms with E-state index in [0.29, 0.717) is 21.6 Å². The van der Waals surface area contributed by atoms with E-state index >= 15 is 0 Å². The number of carboxylic acids is 1. The van der Waals surface area contributed by atoms with Crippen molar-refractivity contribution in [3.63, 3.8) is 0 Å². The third kappa shape index (κ3) is 2.95. The number of aromatic nitrogens is 4. The number of rotatable bonds is 4. The minimum absolute atomic E-state index is 0.0820. The number of thioether (sulfide) groups is 1. The zero-order chi connectivity index (χ0) is 12.3. The maximum Gasteiger partial charge on any atom is 0.313 e. The number of pyridine rings is 1. The van der Waals surface area contributed by atoms with Crippen molar-refractivity contribution in [1.29, 1.82) is 0 Å². The van der Waals surface area contributed by atoms with Crippen molar-refractivity contribution in [2.24, 2.45) is 0 Å². The van der Waals surface area contributed by atoms with Gasteiger partial charge in [-0.15, -0.1) is 5.10 Å². The molecule has 88 valence electrons. The molecular weight excluding hydrogens is 264 g/mol. The number of carbonyl (C=O) groups is 1. The predicted octanol–water partition coefficient (Wildman–Crippen LogP) is 1.70. The Morgan fingerprint density at radius 2 is 2.41 bits per heavy atom. The van der Waals surface area contributed by atoms with Crippen LogP contribution < -0.4 is 0 Å². The fourth-order valence-corrected chi connectivity index (χ4v) is 1.85. The highest BCUT2D eigenvalue weighted by Gasteiger charge is 2.10. The summed E-state index contributed by atoms with van der Waals surface area (Å²) in [6.07, 6.45) is 3.09. The molecule has 0 fully saturated rings. The van der Waals surface area contributed by atoms with Crippen LogP contribution in [0.2, 0.25) is 5.02 Å². The molecule has 0 saturated heterocycles. The van der Waals surface area contributed by atoms with E-state index in [9.17, 15) is 4.79 Å². The smallest absolute Gasteiger partial charge is 0.313 e. The summed E-state index contributed by atoms with van der Waals surface area (Å²) in [6.45, 7) is 0. The Morgan fingerprint density at radius 1 is 1.59 bits per heavy atom. The molecule has 2 rings (SSSR count). The third-order valence-electron chi connectivity index (χ3n) is 1.82. The average molecular weight is 271 g/mol. The normalized spacial score (nSPS) is 10.4. The average Bonchev–Trinajstić information content (AvgIpc) is 2.75. The number of hydrogen-bond acceptors (Lipinski definition) is 5. The Balaban J connectivity index is 2.18. The number of halogens is 1. The first-order chi connectivity index (χ1) is 8.16. The zero-order valence-electron chi connectivity index (χ0n) is 8.42. The van der Waals surface area contributed by atoms with Crippen LogP contribution in [-0.2, 0) is 4.79 Å². The second-order valence-corrected chi connectivity index (χ2v) is 4.35. The predicted molar refractivity (Wildman–Crippen MR) is 63.0 cm³/mol. The molecule has 2 aromatic heterocycles. The Kier molecular flexibility index (Phi) is 3.60. The standard InChI is InChI=1S/C9H7ClN4O2S/c10-6-3-11-2-1-5(6)8-12-9(14-13-8)17-4-7(15)16/h1-3H,4H2,(H,15,16)(H,12,13,14). The van der Waals surface area contributed by atoms with E-state index in [-0.39, 0.29) is 5.75 Å². The Bertz CT molecular complexity index is 545. The first kappa shape index (κ1) is 11.9.